The van der Waals surface area contributed by atoms with E-state index < -0.39 is 12.0 Å². The van der Waals surface area contributed by atoms with Crippen LogP contribution < -0.4 is 5.32 Å². The maximum atomic E-state index is 11.6. The third kappa shape index (κ3) is 4.07. The van der Waals surface area contributed by atoms with Gasteiger partial charge in [-0.15, -0.1) is 0 Å². The van der Waals surface area contributed by atoms with Crippen molar-refractivity contribution in [2.45, 2.75) is 64.5 Å². The van der Waals surface area contributed by atoms with Crippen LogP contribution >= 0.6 is 0 Å². The summed E-state index contributed by atoms with van der Waals surface area (Å²) in [5, 5.41) is 12.9. The molecule has 0 amide bonds. The first-order valence-electron chi connectivity index (χ1n) is 7.63. The monoisotopic (exact) mass is 275 g/mol. The Kier molecular flexibility index (Phi) is 5.18. The van der Waals surface area contributed by atoms with E-state index >= 15 is 0 Å². The number of hydrogen-bond donors (Lipinski definition) is 2. The van der Waals surface area contributed by atoms with Crippen molar-refractivity contribution in [3.05, 3.63) is 34.9 Å². The van der Waals surface area contributed by atoms with Crippen molar-refractivity contribution in [3.8, 4) is 0 Å². The van der Waals surface area contributed by atoms with Gasteiger partial charge in [0.1, 0.15) is 6.04 Å². The Morgan fingerprint density at radius 2 is 1.65 bits per heavy atom. The van der Waals surface area contributed by atoms with Crippen LogP contribution in [0.5, 0.6) is 0 Å². The van der Waals surface area contributed by atoms with Crippen molar-refractivity contribution in [2.24, 2.45) is 0 Å². The minimum atomic E-state index is -0.778. The Morgan fingerprint density at radius 3 is 2.15 bits per heavy atom. The largest absolute Gasteiger partial charge is 0.480 e. The molecule has 3 nitrogen and oxygen atoms in total. The summed E-state index contributed by atoms with van der Waals surface area (Å²) in [5.74, 6) is -0.778. The summed E-state index contributed by atoms with van der Waals surface area (Å²) in [7, 11) is 0. The second kappa shape index (κ2) is 6.89. The number of rotatable bonds is 4. The van der Waals surface area contributed by atoms with Gasteiger partial charge < -0.3 is 5.11 Å². The van der Waals surface area contributed by atoms with Gasteiger partial charge in [-0.25, -0.2) is 0 Å². The highest BCUT2D eigenvalue weighted by Gasteiger charge is 2.24. The molecule has 0 bridgehead atoms. The molecular formula is C17H25NO2. The molecule has 1 aliphatic rings. The number of hydrogen-bond acceptors (Lipinski definition) is 2. The Balaban J connectivity index is 2.15. The van der Waals surface area contributed by atoms with Crippen molar-refractivity contribution in [3.63, 3.8) is 0 Å². The zero-order valence-electron chi connectivity index (χ0n) is 12.5. The van der Waals surface area contributed by atoms with E-state index in [9.17, 15) is 9.90 Å². The Bertz CT molecular complexity index is 442. The lowest BCUT2D eigenvalue weighted by atomic mass is 9.99. The molecule has 0 saturated heterocycles. The average molecular weight is 275 g/mol. The average Bonchev–Trinajstić information content (AvgIpc) is 2.62. The lowest BCUT2D eigenvalue weighted by Crippen LogP contribution is -2.36. The smallest absolute Gasteiger partial charge is 0.325 e. The minimum Gasteiger partial charge on any atom is -0.480 e. The summed E-state index contributed by atoms with van der Waals surface area (Å²) in [6.07, 6.45) is 7.15. The van der Waals surface area contributed by atoms with E-state index in [0.29, 0.717) is 6.04 Å². The minimum absolute atomic E-state index is 0.333. The fourth-order valence-corrected chi connectivity index (χ4v) is 3.17. The molecule has 2 N–H and O–H groups in total. The molecule has 1 aliphatic carbocycles. The summed E-state index contributed by atoms with van der Waals surface area (Å²) < 4.78 is 0. The molecule has 110 valence electrons. The predicted octanol–water partition coefficient (Wildman–Crippen LogP) is 3.74. The van der Waals surface area contributed by atoms with Crippen LogP contribution in [0.1, 0.15) is 61.3 Å². The Hall–Kier alpha value is -1.35. The standard InChI is InChI=1S/C17H25NO2/c1-12-9-13(2)11-14(10-12)16(17(19)20)18-15-7-5-3-4-6-8-15/h9-11,15-16,18H,3-8H2,1-2H3,(H,19,20). The summed E-state index contributed by atoms with van der Waals surface area (Å²) in [5.41, 5.74) is 3.11. The van der Waals surface area contributed by atoms with Crippen LogP contribution in [0.25, 0.3) is 0 Å². The summed E-state index contributed by atoms with van der Waals surface area (Å²) in [6.45, 7) is 4.03. The predicted molar refractivity (Wildman–Crippen MR) is 80.9 cm³/mol. The highest BCUT2D eigenvalue weighted by molar-refractivity contribution is 5.75. The molecule has 0 aliphatic heterocycles. The first-order chi connectivity index (χ1) is 9.56. The zero-order chi connectivity index (χ0) is 14.5. The number of carboxylic acids is 1. The van der Waals surface area contributed by atoms with Gasteiger partial charge in [0.2, 0.25) is 0 Å². The quantitative estimate of drug-likeness (QED) is 0.823. The van der Waals surface area contributed by atoms with Gasteiger partial charge in [0.25, 0.3) is 0 Å². The number of nitrogens with one attached hydrogen (secondary N) is 1. The molecule has 0 aromatic heterocycles. The van der Waals surface area contributed by atoms with Crippen molar-refractivity contribution in [2.75, 3.05) is 0 Å². The van der Waals surface area contributed by atoms with Gasteiger partial charge in [-0.3, -0.25) is 10.1 Å². The molecule has 3 heteroatoms. The number of aryl methyl sites for hydroxylation is 2. The van der Waals surface area contributed by atoms with Gasteiger partial charge >= 0.3 is 5.97 Å². The lowest BCUT2D eigenvalue weighted by molar-refractivity contribution is -0.140. The Labute approximate surface area is 121 Å². The van der Waals surface area contributed by atoms with Crippen LogP contribution in [-0.2, 0) is 4.79 Å². The molecule has 0 spiro atoms. The van der Waals surface area contributed by atoms with Gasteiger partial charge in [0.15, 0.2) is 0 Å². The number of benzene rings is 1. The van der Waals surface area contributed by atoms with E-state index in [1.165, 1.54) is 25.7 Å². The second-order valence-corrected chi connectivity index (χ2v) is 6.05. The van der Waals surface area contributed by atoms with Crippen molar-refractivity contribution in [1.82, 2.24) is 5.32 Å². The molecule has 1 aromatic carbocycles. The molecule has 0 radical (unpaired) electrons. The third-order valence-corrected chi connectivity index (χ3v) is 4.08. The van der Waals surface area contributed by atoms with E-state index in [1.54, 1.807) is 0 Å². The molecule has 2 rings (SSSR count). The van der Waals surface area contributed by atoms with E-state index in [-0.39, 0.29) is 0 Å². The van der Waals surface area contributed by atoms with Crippen LogP contribution in [0.4, 0.5) is 0 Å². The summed E-state index contributed by atoms with van der Waals surface area (Å²) in [6, 6.07) is 5.79. The molecule has 1 fully saturated rings. The number of aliphatic carboxylic acids is 1. The van der Waals surface area contributed by atoms with E-state index in [2.05, 4.69) is 11.4 Å². The van der Waals surface area contributed by atoms with E-state index in [4.69, 9.17) is 0 Å². The molecule has 20 heavy (non-hydrogen) atoms. The van der Waals surface area contributed by atoms with Crippen LogP contribution in [-0.4, -0.2) is 17.1 Å². The summed E-state index contributed by atoms with van der Waals surface area (Å²) in [4.78, 5) is 11.6. The molecular weight excluding hydrogens is 250 g/mol. The van der Waals surface area contributed by atoms with Crippen molar-refractivity contribution in [1.29, 1.82) is 0 Å². The number of carbonyl (C=O) groups is 1. The van der Waals surface area contributed by atoms with Gasteiger partial charge in [-0.2, -0.15) is 0 Å². The highest BCUT2D eigenvalue weighted by atomic mass is 16.4. The van der Waals surface area contributed by atoms with Crippen LogP contribution in [0, 0.1) is 13.8 Å². The molecule has 0 heterocycles. The van der Waals surface area contributed by atoms with Crippen LogP contribution in [0.15, 0.2) is 18.2 Å². The SMILES string of the molecule is Cc1cc(C)cc(C(NC2CCCCCC2)C(=O)O)c1. The topological polar surface area (TPSA) is 49.3 Å². The van der Waals surface area contributed by atoms with E-state index in [0.717, 1.165) is 29.5 Å². The van der Waals surface area contributed by atoms with Crippen molar-refractivity contribution >= 4 is 5.97 Å². The fourth-order valence-electron chi connectivity index (χ4n) is 3.17. The fraction of sp³-hybridized carbons (Fsp3) is 0.588. The van der Waals surface area contributed by atoms with Gasteiger partial charge in [-0.05, 0) is 32.3 Å². The first-order valence-corrected chi connectivity index (χ1v) is 7.63. The molecule has 1 aromatic rings. The first kappa shape index (κ1) is 15.0. The lowest BCUT2D eigenvalue weighted by Gasteiger charge is -2.23. The van der Waals surface area contributed by atoms with Crippen LogP contribution in [0.2, 0.25) is 0 Å². The van der Waals surface area contributed by atoms with Crippen LogP contribution in [0.3, 0.4) is 0 Å². The van der Waals surface area contributed by atoms with Gasteiger partial charge in [-0.1, -0.05) is 55.0 Å². The summed E-state index contributed by atoms with van der Waals surface area (Å²) >= 11 is 0. The molecule has 1 unspecified atom stereocenters. The normalized spacial score (nSPS) is 18.5. The third-order valence-electron chi connectivity index (χ3n) is 4.08. The second-order valence-electron chi connectivity index (χ2n) is 6.05. The molecule has 1 atom stereocenters. The van der Waals surface area contributed by atoms with Gasteiger partial charge in [0.05, 0.1) is 0 Å². The van der Waals surface area contributed by atoms with Gasteiger partial charge in [0, 0.05) is 6.04 Å². The molecule has 1 saturated carbocycles. The zero-order valence-corrected chi connectivity index (χ0v) is 12.5. The highest BCUT2D eigenvalue weighted by Crippen LogP contribution is 2.23. The maximum absolute atomic E-state index is 11.6. The van der Waals surface area contributed by atoms with E-state index in [1.807, 2.05) is 26.0 Å². The van der Waals surface area contributed by atoms with Crippen molar-refractivity contribution < 1.29 is 9.90 Å². The number of carboxylic acid groups (broad SMARTS) is 1. The maximum Gasteiger partial charge on any atom is 0.325 e. The Morgan fingerprint density at radius 1 is 1.10 bits per heavy atom.